The Kier molecular flexibility index (Phi) is 4.46. The normalized spacial score (nSPS) is 10.4. The highest BCUT2D eigenvalue weighted by molar-refractivity contribution is 7.99. The van der Waals surface area contributed by atoms with Crippen LogP contribution in [-0.2, 0) is 0 Å². The summed E-state index contributed by atoms with van der Waals surface area (Å²) in [6.07, 6.45) is 0.882. The van der Waals surface area contributed by atoms with E-state index in [1.165, 1.54) is 17.8 Å². The molecule has 0 aliphatic rings. The number of aromatic nitrogens is 3. The van der Waals surface area contributed by atoms with Crippen LogP contribution < -0.4 is 21.9 Å². The van der Waals surface area contributed by atoms with Crippen molar-refractivity contribution in [3.63, 3.8) is 0 Å². The van der Waals surface area contributed by atoms with Gasteiger partial charge in [-0.25, -0.2) is 15.0 Å². The molecule has 2 aromatic heterocycles. The molecule has 0 bridgehead atoms. The van der Waals surface area contributed by atoms with Gasteiger partial charge in [0.1, 0.15) is 16.7 Å². The summed E-state index contributed by atoms with van der Waals surface area (Å²) < 4.78 is 5.47. The van der Waals surface area contributed by atoms with Crippen molar-refractivity contribution < 1.29 is 4.74 Å². The third-order valence-corrected chi connectivity index (χ3v) is 3.05. The third-order valence-electron chi connectivity index (χ3n) is 2.25. The number of rotatable bonds is 5. The van der Waals surface area contributed by atoms with E-state index in [9.17, 15) is 0 Å². The second-order valence-corrected chi connectivity index (χ2v) is 4.98. The highest BCUT2D eigenvalue weighted by Gasteiger charge is 2.08. The van der Waals surface area contributed by atoms with E-state index in [1.54, 1.807) is 12.1 Å². The Balaban J connectivity index is 2.20. The van der Waals surface area contributed by atoms with E-state index in [2.05, 4.69) is 15.0 Å². The topological polar surface area (TPSA) is 126 Å². The second-order valence-electron chi connectivity index (χ2n) is 3.99. The van der Waals surface area contributed by atoms with E-state index < -0.39 is 0 Å². The molecule has 0 aliphatic carbocycles. The Hall–Kier alpha value is -2.22. The van der Waals surface area contributed by atoms with Crippen LogP contribution in [0.5, 0.6) is 5.88 Å². The monoisotopic (exact) mass is 292 g/mol. The van der Waals surface area contributed by atoms with E-state index >= 15 is 0 Å². The zero-order chi connectivity index (χ0) is 14.5. The minimum absolute atomic E-state index is 0.318. The summed E-state index contributed by atoms with van der Waals surface area (Å²) in [6, 6.07) is 4.99. The summed E-state index contributed by atoms with van der Waals surface area (Å²) in [5.41, 5.74) is 17.5. The Morgan fingerprint density at radius 3 is 2.45 bits per heavy atom. The van der Waals surface area contributed by atoms with Gasteiger partial charge < -0.3 is 21.9 Å². The van der Waals surface area contributed by atoms with Crippen molar-refractivity contribution in [1.29, 1.82) is 0 Å². The molecular formula is C12H16N6OS. The van der Waals surface area contributed by atoms with Gasteiger partial charge in [0.15, 0.2) is 5.16 Å². The largest absolute Gasteiger partial charge is 0.476 e. The van der Waals surface area contributed by atoms with Crippen molar-refractivity contribution in [1.82, 2.24) is 15.0 Å². The van der Waals surface area contributed by atoms with E-state index in [4.69, 9.17) is 21.9 Å². The molecule has 0 amide bonds. The number of ether oxygens (including phenoxy) is 1. The first-order valence-corrected chi connectivity index (χ1v) is 6.87. The van der Waals surface area contributed by atoms with E-state index in [-0.39, 0.29) is 0 Å². The zero-order valence-electron chi connectivity index (χ0n) is 11.0. The highest BCUT2D eigenvalue weighted by Crippen LogP contribution is 2.28. The van der Waals surface area contributed by atoms with Gasteiger partial charge in [0, 0.05) is 6.07 Å². The molecule has 2 rings (SSSR count). The highest BCUT2D eigenvalue weighted by atomic mass is 32.2. The van der Waals surface area contributed by atoms with E-state index in [0.29, 0.717) is 40.0 Å². The van der Waals surface area contributed by atoms with Crippen LogP contribution in [0.1, 0.15) is 13.3 Å². The molecule has 0 saturated carbocycles. The lowest BCUT2D eigenvalue weighted by Crippen LogP contribution is -2.02. The van der Waals surface area contributed by atoms with Crippen LogP contribution >= 0.6 is 11.8 Å². The number of anilines is 3. The third kappa shape index (κ3) is 3.64. The van der Waals surface area contributed by atoms with Crippen LogP contribution in [-0.4, -0.2) is 21.6 Å². The molecule has 20 heavy (non-hydrogen) atoms. The quantitative estimate of drug-likeness (QED) is 0.709. The standard InChI is InChI=1S/C12H16N6OS/c1-2-5-19-11-7(13)3-4-10(18-11)20-12-16-8(14)6-9(15)17-12/h3-4,6H,2,5,13H2,1H3,(H4,14,15,16,17). The molecule has 0 atom stereocenters. The fourth-order valence-electron chi connectivity index (χ4n) is 1.41. The van der Waals surface area contributed by atoms with Crippen LogP contribution in [0, 0.1) is 0 Å². The van der Waals surface area contributed by atoms with Crippen molar-refractivity contribution >= 4 is 29.1 Å². The lowest BCUT2D eigenvalue weighted by Gasteiger charge is -2.08. The van der Waals surface area contributed by atoms with Gasteiger partial charge in [0.05, 0.1) is 12.3 Å². The number of pyridine rings is 1. The molecule has 8 heteroatoms. The van der Waals surface area contributed by atoms with Crippen molar-refractivity contribution in [2.45, 2.75) is 23.5 Å². The molecule has 2 heterocycles. The summed E-state index contributed by atoms with van der Waals surface area (Å²) in [6.45, 7) is 2.57. The summed E-state index contributed by atoms with van der Waals surface area (Å²) in [7, 11) is 0. The molecule has 0 spiro atoms. The molecule has 7 nitrogen and oxygen atoms in total. The summed E-state index contributed by atoms with van der Waals surface area (Å²) in [5, 5.41) is 1.09. The van der Waals surface area contributed by atoms with Crippen molar-refractivity contribution in [3.8, 4) is 5.88 Å². The molecule has 6 N–H and O–H groups in total. The number of nitrogens with zero attached hydrogens (tertiary/aromatic N) is 3. The van der Waals surface area contributed by atoms with Gasteiger partial charge in [-0.2, -0.15) is 0 Å². The van der Waals surface area contributed by atoms with Gasteiger partial charge in [-0.3, -0.25) is 0 Å². The first kappa shape index (κ1) is 14.2. The first-order valence-electron chi connectivity index (χ1n) is 6.05. The summed E-state index contributed by atoms with van der Waals surface area (Å²) in [4.78, 5) is 12.5. The maximum Gasteiger partial charge on any atom is 0.238 e. The predicted octanol–water partition coefficient (Wildman–Crippen LogP) is 1.56. The smallest absolute Gasteiger partial charge is 0.238 e. The molecule has 0 saturated heterocycles. The van der Waals surface area contributed by atoms with E-state index in [0.717, 1.165) is 6.42 Å². The number of hydrogen-bond donors (Lipinski definition) is 3. The zero-order valence-corrected chi connectivity index (χ0v) is 11.9. The van der Waals surface area contributed by atoms with Crippen molar-refractivity contribution in [2.24, 2.45) is 0 Å². The van der Waals surface area contributed by atoms with Gasteiger partial charge in [-0.1, -0.05) is 6.92 Å². The maximum absolute atomic E-state index is 5.80. The van der Waals surface area contributed by atoms with Crippen LogP contribution in [0.4, 0.5) is 17.3 Å². The van der Waals surface area contributed by atoms with Gasteiger partial charge in [-0.15, -0.1) is 0 Å². The minimum atomic E-state index is 0.318. The minimum Gasteiger partial charge on any atom is -0.476 e. The Labute approximate surface area is 120 Å². The SMILES string of the molecule is CCCOc1nc(Sc2nc(N)cc(N)n2)ccc1N. The lowest BCUT2D eigenvalue weighted by molar-refractivity contribution is 0.305. The van der Waals surface area contributed by atoms with Crippen LogP contribution in [0.15, 0.2) is 28.4 Å². The average Bonchev–Trinajstić information content (AvgIpc) is 2.38. The summed E-state index contributed by atoms with van der Waals surface area (Å²) in [5.74, 6) is 1.05. The molecule has 0 unspecified atom stereocenters. The number of hydrogen-bond acceptors (Lipinski definition) is 8. The molecule has 0 fully saturated rings. The first-order chi connectivity index (χ1) is 9.58. The number of nitrogens with two attached hydrogens (primary N) is 3. The maximum atomic E-state index is 5.80. The fourth-order valence-corrected chi connectivity index (χ4v) is 2.16. The Morgan fingerprint density at radius 1 is 1.10 bits per heavy atom. The van der Waals surface area contributed by atoms with Crippen LogP contribution in [0.25, 0.3) is 0 Å². The molecule has 106 valence electrons. The van der Waals surface area contributed by atoms with Crippen LogP contribution in [0.2, 0.25) is 0 Å². The number of nitrogen functional groups attached to an aromatic ring is 3. The second kappa shape index (κ2) is 6.29. The van der Waals surface area contributed by atoms with Gasteiger partial charge in [-0.05, 0) is 30.3 Å². The molecule has 2 aromatic rings. The summed E-state index contributed by atoms with van der Waals surface area (Å²) >= 11 is 1.24. The Morgan fingerprint density at radius 2 is 1.80 bits per heavy atom. The van der Waals surface area contributed by atoms with Crippen LogP contribution in [0.3, 0.4) is 0 Å². The van der Waals surface area contributed by atoms with Crippen molar-refractivity contribution in [3.05, 3.63) is 18.2 Å². The Bertz CT molecular complexity index is 586. The predicted molar refractivity (Wildman–Crippen MR) is 79.4 cm³/mol. The fraction of sp³-hybridized carbons (Fsp3) is 0.250. The van der Waals surface area contributed by atoms with Gasteiger partial charge in [0.25, 0.3) is 0 Å². The lowest BCUT2D eigenvalue weighted by atomic mass is 10.4. The molecule has 0 aromatic carbocycles. The molecular weight excluding hydrogens is 276 g/mol. The van der Waals surface area contributed by atoms with Crippen molar-refractivity contribution in [2.75, 3.05) is 23.8 Å². The molecule has 0 aliphatic heterocycles. The average molecular weight is 292 g/mol. The molecule has 0 radical (unpaired) electrons. The van der Waals surface area contributed by atoms with E-state index in [1.807, 2.05) is 6.92 Å². The van der Waals surface area contributed by atoms with Gasteiger partial charge in [0.2, 0.25) is 5.88 Å². The van der Waals surface area contributed by atoms with Gasteiger partial charge >= 0.3 is 0 Å².